The minimum absolute atomic E-state index is 0.0876. The molecule has 2 aliphatic heterocycles. The van der Waals surface area contributed by atoms with Crippen molar-refractivity contribution in [2.75, 3.05) is 16.9 Å². The van der Waals surface area contributed by atoms with Crippen molar-refractivity contribution in [2.45, 2.75) is 25.7 Å². The number of hydrogen-bond donors (Lipinski definition) is 1. The van der Waals surface area contributed by atoms with Gasteiger partial charge < -0.3 is 9.84 Å². The first-order valence-electron chi connectivity index (χ1n) is 16.9. The number of ketones is 1. The summed E-state index contributed by atoms with van der Waals surface area (Å²) in [6.45, 7) is 1.69. The monoisotopic (exact) mass is 718 g/mol. The third-order valence-corrected chi connectivity index (χ3v) is 11.7. The van der Waals surface area contributed by atoms with Gasteiger partial charge >= 0.3 is 0 Å². The molecular formula is C41H32ClFN2O7. The standard InChI is InChI=1S/C41H32ClFN2O7/c1-41-30(38(49)45(40(41)51)24-12-17-32(43)31(42)18-24)20-29-26(35(41)27-14-13-25(52-2)19-33(27)46)15-16-28-34(29)39(50)44(37(28)48)23-10-8-22(9-11-23)36(47)21-6-4-3-5-7-21/h3-15,17-19,28-30,34-35,46H,16,20H2,1-2H3. The Morgan fingerprint density at radius 2 is 1.54 bits per heavy atom. The third-order valence-electron chi connectivity index (χ3n) is 11.4. The number of carbonyl (C=O) groups is 5. The number of phenols is 1. The molecule has 6 unspecified atom stereocenters. The number of allylic oxidation sites excluding steroid dienone is 2. The number of imide groups is 2. The molecule has 0 spiro atoms. The second-order valence-electron chi connectivity index (χ2n) is 13.9. The quantitative estimate of drug-likeness (QED) is 0.131. The molecule has 11 heteroatoms. The summed E-state index contributed by atoms with van der Waals surface area (Å²) in [7, 11) is 1.46. The van der Waals surface area contributed by atoms with E-state index in [1.54, 1.807) is 67.6 Å². The Bertz CT molecular complexity index is 2240. The van der Waals surface area contributed by atoms with E-state index in [4.69, 9.17) is 16.3 Å². The Morgan fingerprint density at radius 3 is 2.21 bits per heavy atom. The summed E-state index contributed by atoms with van der Waals surface area (Å²) in [4.78, 5) is 72.6. The number of benzene rings is 4. The van der Waals surface area contributed by atoms with Crippen molar-refractivity contribution in [1.82, 2.24) is 0 Å². The summed E-state index contributed by atoms with van der Waals surface area (Å²) in [5, 5.41) is 11.1. The fraction of sp³-hybridized carbons (Fsp3) is 0.244. The van der Waals surface area contributed by atoms with Gasteiger partial charge in [0.05, 0.1) is 46.7 Å². The fourth-order valence-corrected chi connectivity index (χ4v) is 9.07. The number of anilines is 2. The zero-order valence-electron chi connectivity index (χ0n) is 28.1. The lowest BCUT2D eigenvalue weighted by Crippen LogP contribution is -2.48. The van der Waals surface area contributed by atoms with Crippen molar-refractivity contribution in [3.8, 4) is 11.5 Å². The highest BCUT2D eigenvalue weighted by molar-refractivity contribution is 6.32. The van der Waals surface area contributed by atoms with E-state index in [2.05, 4.69) is 0 Å². The van der Waals surface area contributed by atoms with E-state index in [9.17, 15) is 33.5 Å². The summed E-state index contributed by atoms with van der Waals surface area (Å²) in [6.07, 6.45) is 2.17. The van der Waals surface area contributed by atoms with Crippen molar-refractivity contribution >= 4 is 52.4 Å². The van der Waals surface area contributed by atoms with E-state index in [1.165, 1.54) is 25.3 Å². The molecule has 6 atom stereocenters. The molecule has 1 N–H and O–H groups in total. The van der Waals surface area contributed by atoms with E-state index in [0.717, 1.165) is 15.9 Å². The number of hydrogen-bond acceptors (Lipinski definition) is 7. The minimum atomic E-state index is -1.42. The molecule has 4 aliphatic rings. The van der Waals surface area contributed by atoms with E-state index in [0.29, 0.717) is 33.7 Å². The highest BCUT2D eigenvalue weighted by Crippen LogP contribution is 2.64. The second-order valence-corrected chi connectivity index (χ2v) is 14.3. The summed E-state index contributed by atoms with van der Waals surface area (Å²) in [6, 6.07) is 23.5. The number of carbonyl (C=O) groups excluding carboxylic acids is 5. The maximum Gasteiger partial charge on any atom is 0.241 e. The number of halogens is 2. The van der Waals surface area contributed by atoms with Gasteiger partial charge in [0.1, 0.15) is 17.3 Å². The molecular weight excluding hydrogens is 687 g/mol. The van der Waals surface area contributed by atoms with Gasteiger partial charge in [0, 0.05) is 28.7 Å². The first kappa shape index (κ1) is 33.5. The van der Waals surface area contributed by atoms with Crippen LogP contribution >= 0.6 is 11.6 Å². The largest absolute Gasteiger partial charge is 0.508 e. The normalized spacial score (nSPS) is 26.5. The van der Waals surface area contributed by atoms with E-state index < -0.39 is 58.5 Å². The average molecular weight is 719 g/mol. The molecule has 2 saturated heterocycles. The Labute approximate surface area is 303 Å². The molecule has 262 valence electrons. The first-order valence-corrected chi connectivity index (χ1v) is 17.3. The number of methoxy groups -OCH3 is 1. The van der Waals surface area contributed by atoms with Gasteiger partial charge in [0.2, 0.25) is 23.6 Å². The maximum absolute atomic E-state index is 14.6. The molecule has 4 amide bonds. The Kier molecular flexibility index (Phi) is 7.91. The van der Waals surface area contributed by atoms with Crippen LogP contribution < -0.4 is 14.5 Å². The zero-order valence-corrected chi connectivity index (χ0v) is 28.8. The van der Waals surface area contributed by atoms with Crippen molar-refractivity contribution in [1.29, 1.82) is 0 Å². The number of amides is 4. The molecule has 0 bridgehead atoms. The van der Waals surface area contributed by atoms with Crippen molar-refractivity contribution in [2.24, 2.45) is 29.1 Å². The number of rotatable bonds is 6. The summed E-state index contributed by atoms with van der Waals surface area (Å²) >= 11 is 6.09. The molecule has 0 aromatic heterocycles. The van der Waals surface area contributed by atoms with E-state index in [-0.39, 0.29) is 41.0 Å². The molecule has 4 aromatic rings. The van der Waals surface area contributed by atoms with Crippen molar-refractivity contribution in [3.63, 3.8) is 0 Å². The molecule has 9 nitrogen and oxygen atoms in total. The number of aromatic hydroxyl groups is 1. The van der Waals surface area contributed by atoms with Crippen molar-refractivity contribution < 1.29 is 38.2 Å². The lowest BCUT2D eigenvalue weighted by molar-refractivity contribution is -0.131. The smallest absolute Gasteiger partial charge is 0.241 e. The lowest BCUT2D eigenvalue weighted by atomic mass is 9.51. The molecule has 2 heterocycles. The van der Waals surface area contributed by atoms with Crippen LogP contribution in [0.3, 0.4) is 0 Å². The van der Waals surface area contributed by atoms with Gasteiger partial charge in [-0.25, -0.2) is 9.29 Å². The van der Waals surface area contributed by atoms with E-state index >= 15 is 0 Å². The van der Waals surface area contributed by atoms with Crippen LogP contribution in [0.25, 0.3) is 0 Å². The number of phenolic OH excluding ortho intramolecular Hbond substituents is 1. The van der Waals surface area contributed by atoms with Crippen molar-refractivity contribution in [3.05, 3.63) is 130 Å². The summed E-state index contributed by atoms with van der Waals surface area (Å²) < 4.78 is 19.5. The molecule has 0 radical (unpaired) electrons. The summed E-state index contributed by atoms with van der Waals surface area (Å²) in [5.41, 5.74) is 0.981. The molecule has 4 aromatic carbocycles. The molecule has 3 fully saturated rings. The van der Waals surface area contributed by atoms with Crippen LogP contribution in [0.15, 0.2) is 103 Å². The Balaban J connectivity index is 1.19. The van der Waals surface area contributed by atoms with Gasteiger partial charge in [-0.1, -0.05) is 59.6 Å². The Hall–Kier alpha value is -5.61. The number of ether oxygens (including phenoxy) is 1. The highest BCUT2D eigenvalue weighted by Gasteiger charge is 2.68. The fourth-order valence-electron chi connectivity index (χ4n) is 8.90. The van der Waals surface area contributed by atoms with Gasteiger partial charge in [-0.2, -0.15) is 0 Å². The highest BCUT2D eigenvalue weighted by atomic mass is 35.5. The van der Waals surface area contributed by atoms with E-state index in [1.807, 2.05) is 12.1 Å². The van der Waals surface area contributed by atoms with Crippen LogP contribution in [0.4, 0.5) is 15.8 Å². The predicted octanol–water partition coefficient (Wildman–Crippen LogP) is 6.86. The van der Waals surface area contributed by atoms with Crippen LogP contribution in [0.1, 0.15) is 47.2 Å². The van der Waals surface area contributed by atoms with Crippen LogP contribution in [0.5, 0.6) is 11.5 Å². The van der Waals surface area contributed by atoms with Crippen LogP contribution in [0, 0.1) is 34.9 Å². The average Bonchev–Trinajstić information content (AvgIpc) is 3.52. The van der Waals surface area contributed by atoms with Gasteiger partial charge in [-0.15, -0.1) is 0 Å². The number of nitrogens with zero attached hydrogens (tertiary/aromatic N) is 2. The van der Waals surface area contributed by atoms with Gasteiger partial charge in [-0.3, -0.25) is 28.9 Å². The predicted molar refractivity (Wildman–Crippen MR) is 189 cm³/mol. The third kappa shape index (κ3) is 4.84. The zero-order chi connectivity index (χ0) is 36.6. The Morgan fingerprint density at radius 1 is 0.846 bits per heavy atom. The molecule has 52 heavy (non-hydrogen) atoms. The molecule has 1 saturated carbocycles. The topological polar surface area (TPSA) is 121 Å². The lowest BCUT2D eigenvalue weighted by Gasteiger charge is -2.49. The molecule has 2 aliphatic carbocycles. The van der Waals surface area contributed by atoms with Gasteiger partial charge in [0.15, 0.2) is 5.78 Å². The first-order chi connectivity index (χ1) is 24.9. The SMILES string of the molecule is COc1ccc(C2C3=CCC4C(=O)N(c5ccc(C(=O)c6ccccc6)cc5)C(=O)C4C3CC3C(=O)N(c4ccc(F)c(Cl)c4)C(=O)C32C)c(O)c1. The van der Waals surface area contributed by atoms with Crippen LogP contribution in [-0.4, -0.2) is 41.6 Å². The second kappa shape index (κ2) is 12.3. The van der Waals surface area contributed by atoms with Gasteiger partial charge in [0.25, 0.3) is 0 Å². The van der Waals surface area contributed by atoms with Crippen LogP contribution in [0.2, 0.25) is 5.02 Å². The summed E-state index contributed by atoms with van der Waals surface area (Å²) in [5.74, 6) is -6.60. The van der Waals surface area contributed by atoms with Gasteiger partial charge in [-0.05, 0) is 74.2 Å². The number of fused-ring (bicyclic) bond motifs is 4. The van der Waals surface area contributed by atoms with Crippen LogP contribution in [-0.2, 0) is 19.2 Å². The molecule has 8 rings (SSSR count). The maximum atomic E-state index is 14.6. The minimum Gasteiger partial charge on any atom is -0.508 e.